The highest BCUT2D eigenvalue weighted by molar-refractivity contribution is 6.30. The minimum atomic E-state index is 0.711. The van der Waals surface area contributed by atoms with Gasteiger partial charge in [0.1, 0.15) is 12.1 Å². The van der Waals surface area contributed by atoms with E-state index in [0.717, 1.165) is 45.0 Å². The van der Waals surface area contributed by atoms with Crippen LogP contribution in [-0.2, 0) is 0 Å². The first-order valence-corrected chi connectivity index (χ1v) is 9.05. The van der Waals surface area contributed by atoms with Crippen LogP contribution in [0.3, 0.4) is 0 Å². The van der Waals surface area contributed by atoms with Crippen LogP contribution in [0.15, 0.2) is 60.9 Å². The van der Waals surface area contributed by atoms with Gasteiger partial charge in [-0.2, -0.15) is 9.61 Å². The lowest BCUT2D eigenvalue weighted by Gasteiger charge is -2.09. The molecule has 0 aliphatic heterocycles. The van der Waals surface area contributed by atoms with Gasteiger partial charge in [-0.25, -0.2) is 9.97 Å². The van der Waals surface area contributed by atoms with Crippen molar-refractivity contribution in [1.82, 2.24) is 24.1 Å². The Balaban J connectivity index is 1.83. The third kappa shape index (κ3) is 2.51. The lowest BCUT2D eigenvalue weighted by Crippen LogP contribution is -2.05. The quantitative estimate of drug-likeness (QED) is 0.437. The minimum Gasteiger partial charge on any atom is -0.283 e. The number of fused-ring (bicyclic) bond motifs is 2. The molecule has 0 saturated carbocycles. The summed E-state index contributed by atoms with van der Waals surface area (Å²) < 4.78 is 3.94. The predicted molar refractivity (Wildman–Crippen MR) is 108 cm³/mol. The summed E-state index contributed by atoms with van der Waals surface area (Å²) in [5, 5.41) is 5.50. The first-order chi connectivity index (χ1) is 13.1. The Labute approximate surface area is 160 Å². The van der Waals surface area contributed by atoms with Crippen molar-refractivity contribution in [3.8, 4) is 16.9 Å². The van der Waals surface area contributed by atoms with E-state index in [2.05, 4.69) is 15.6 Å². The number of aryl methyl sites for hydroxylation is 2. The maximum absolute atomic E-state index is 6.06. The summed E-state index contributed by atoms with van der Waals surface area (Å²) in [6.45, 7) is 4.00. The molecular formula is C21H16ClN5. The van der Waals surface area contributed by atoms with Crippen LogP contribution in [0.25, 0.3) is 33.6 Å². The lowest BCUT2D eigenvalue weighted by atomic mass is 10.1. The number of hydrogen-bond acceptors (Lipinski definition) is 3. The third-order valence-electron chi connectivity index (χ3n) is 4.71. The van der Waals surface area contributed by atoms with Gasteiger partial charge in [-0.05, 0) is 43.7 Å². The van der Waals surface area contributed by atoms with E-state index in [-0.39, 0.29) is 0 Å². The van der Waals surface area contributed by atoms with Crippen molar-refractivity contribution in [1.29, 1.82) is 0 Å². The molecule has 0 N–H and O–H groups in total. The number of hydrogen-bond donors (Lipinski definition) is 0. The number of rotatable bonds is 2. The normalized spacial score (nSPS) is 11.5. The topological polar surface area (TPSA) is 48.0 Å². The number of imidazole rings is 1. The number of para-hydroxylation sites is 2. The van der Waals surface area contributed by atoms with Crippen LogP contribution in [0.4, 0.5) is 0 Å². The van der Waals surface area contributed by atoms with Gasteiger partial charge in [0, 0.05) is 22.3 Å². The molecule has 0 unspecified atom stereocenters. The van der Waals surface area contributed by atoms with Gasteiger partial charge in [-0.3, -0.25) is 4.57 Å². The SMILES string of the molecule is Cc1cc(-n2cnc3ccccc32)n2nc(C)c(-c3ccc(Cl)cc3)c2n1. The van der Waals surface area contributed by atoms with Crippen molar-refractivity contribution in [2.45, 2.75) is 13.8 Å². The summed E-state index contributed by atoms with van der Waals surface area (Å²) >= 11 is 6.06. The van der Waals surface area contributed by atoms with Gasteiger partial charge in [0.25, 0.3) is 0 Å². The van der Waals surface area contributed by atoms with Crippen LogP contribution in [0.5, 0.6) is 0 Å². The first-order valence-electron chi connectivity index (χ1n) is 8.67. The predicted octanol–water partition coefficient (Wildman–Crippen LogP) is 5.01. The Morgan fingerprint density at radius 3 is 2.56 bits per heavy atom. The van der Waals surface area contributed by atoms with Crippen LogP contribution in [0.2, 0.25) is 5.02 Å². The summed E-state index contributed by atoms with van der Waals surface area (Å²) in [6, 6.07) is 17.9. The molecule has 0 aliphatic carbocycles. The van der Waals surface area contributed by atoms with Crippen molar-refractivity contribution in [3.63, 3.8) is 0 Å². The van der Waals surface area contributed by atoms with Crippen LogP contribution in [0, 0.1) is 13.8 Å². The van der Waals surface area contributed by atoms with Gasteiger partial charge in [-0.1, -0.05) is 35.9 Å². The lowest BCUT2D eigenvalue weighted by molar-refractivity contribution is 0.846. The van der Waals surface area contributed by atoms with E-state index in [0.29, 0.717) is 5.02 Å². The monoisotopic (exact) mass is 373 g/mol. The molecule has 3 heterocycles. The van der Waals surface area contributed by atoms with E-state index in [9.17, 15) is 0 Å². The van der Waals surface area contributed by atoms with Crippen molar-refractivity contribution in [2.24, 2.45) is 0 Å². The van der Waals surface area contributed by atoms with Crippen LogP contribution in [0.1, 0.15) is 11.4 Å². The van der Waals surface area contributed by atoms with E-state index in [1.165, 1.54) is 0 Å². The highest BCUT2D eigenvalue weighted by Crippen LogP contribution is 2.30. The summed E-state index contributed by atoms with van der Waals surface area (Å²) in [7, 11) is 0. The Morgan fingerprint density at radius 2 is 1.74 bits per heavy atom. The largest absolute Gasteiger partial charge is 0.283 e. The Morgan fingerprint density at radius 1 is 0.963 bits per heavy atom. The summed E-state index contributed by atoms with van der Waals surface area (Å²) in [5.74, 6) is 0.912. The molecule has 0 atom stereocenters. The van der Waals surface area contributed by atoms with Crippen LogP contribution in [-0.4, -0.2) is 24.1 Å². The van der Waals surface area contributed by atoms with Crippen molar-refractivity contribution in [3.05, 3.63) is 77.3 Å². The fraction of sp³-hybridized carbons (Fsp3) is 0.0952. The molecule has 5 nitrogen and oxygen atoms in total. The Kier molecular flexibility index (Phi) is 3.52. The van der Waals surface area contributed by atoms with E-state index in [1.54, 1.807) is 0 Å². The molecule has 0 radical (unpaired) electrons. The molecule has 5 aromatic rings. The maximum atomic E-state index is 6.06. The third-order valence-corrected chi connectivity index (χ3v) is 4.96. The maximum Gasteiger partial charge on any atom is 0.165 e. The molecule has 5 rings (SSSR count). The molecule has 0 spiro atoms. The number of benzene rings is 2. The van der Waals surface area contributed by atoms with Gasteiger partial charge in [0.15, 0.2) is 5.65 Å². The highest BCUT2D eigenvalue weighted by atomic mass is 35.5. The second-order valence-electron chi connectivity index (χ2n) is 6.56. The number of halogens is 1. The van der Waals surface area contributed by atoms with Gasteiger partial charge >= 0.3 is 0 Å². The molecule has 0 amide bonds. The van der Waals surface area contributed by atoms with Crippen LogP contribution < -0.4 is 0 Å². The van der Waals surface area contributed by atoms with Gasteiger partial charge in [-0.15, -0.1) is 0 Å². The molecule has 0 bridgehead atoms. The average molecular weight is 374 g/mol. The number of aromatic nitrogens is 5. The smallest absolute Gasteiger partial charge is 0.165 e. The zero-order valence-electron chi connectivity index (χ0n) is 14.9. The molecule has 2 aromatic carbocycles. The zero-order valence-corrected chi connectivity index (χ0v) is 15.6. The summed E-state index contributed by atoms with van der Waals surface area (Å²) in [4.78, 5) is 9.29. The fourth-order valence-corrected chi connectivity index (χ4v) is 3.62. The van der Waals surface area contributed by atoms with E-state index in [4.69, 9.17) is 21.7 Å². The van der Waals surface area contributed by atoms with Crippen molar-refractivity contribution >= 4 is 28.3 Å². The number of nitrogens with zero attached hydrogens (tertiary/aromatic N) is 5. The molecular weight excluding hydrogens is 358 g/mol. The summed E-state index contributed by atoms with van der Waals surface area (Å²) in [5.41, 5.74) is 6.70. The molecule has 132 valence electrons. The second-order valence-corrected chi connectivity index (χ2v) is 7.00. The standard InChI is InChI=1S/C21H16ClN5/c1-13-11-19(26-12-23-17-5-3-4-6-18(17)26)27-21(24-13)20(14(2)25-27)15-7-9-16(22)10-8-15/h3-12H,1-2H3. The van der Waals surface area contributed by atoms with Crippen LogP contribution >= 0.6 is 11.6 Å². The summed E-state index contributed by atoms with van der Waals surface area (Å²) in [6.07, 6.45) is 1.83. The molecule has 27 heavy (non-hydrogen) atoms. The van der Waals surface area contributed by atoms with Gasteiger partial charge < -0.3 is 0 Å². The molecule has 0 aliphatic rings. The van der Waals surface area contributed by atoms with Crippen molar-refractivity contribution in [2.75, 3.05) is 0 Å². The Hall–Kier alpha value is -3.18. The fourth-order valence-electron chi connectivity index (χ4n) is 3.49. The molecule has 3 aromatic heterocycles. The van der Waals surface area contributed by atoms with Crippen molar-refractivity contribution < 1.29 is 0 Å². The molecule has 0 fully saturated rings. The molecule has 6 heteroatoms. The first kappa shape index (κ1) is 16.0. The van der Waals surface area contributed by atoms with Gasteiger partial charge in [0.05, 0.1) is 16.7 Å². The minimum absolute atomic E-state index is 0.711. The van der Waals surface area contributed by atoms with E-state index >= 15 is 0 Å². The van der Waals surface area contributed by atoms with E-state index in [1.807, 2.05) is 73.2 Å². The second kappa shape index (κ2) is 5.93. The van der Waals surface area contributed by atoms with E-state index < -0.39 is 0 Å². The zero-order chi connectivity index (χ0) is 18.5. The Bertz CT molecular complexity index is 1300. The van der Waals surface area contributed by atoms with Gasteiger partial charge in [0.2, 0.25) is 0 Å². The highest BCUT2D eigenvalue weighted by Gasteiger charge is 2.17. The average Bonchev–Trinajstić information content (AvgIpc) is 3.23. The molecule has 0 saturated heterocycles.